The predicted molar refractivity (Wildman–Crippen MR) is 61.4 cm³/mol. The lowest BCUT2D eigenvalue weighted by atomic mass is 10.1. The maximum atomic E-state index is 9.83. The lowest BCUT2D eigenvalue weighted by molar-refractivity contribution is 0.0907. The van der Waals surface area contributed by atoms with Crippen LogP contribution in [0, 0.1) is 0 Å². The Morgan fingerprint density at radius 1 is 1.38 bits per heavy atom. The van der Waals surface area contributed by atoms with Crippen molar-refractivity contribution < 1.29 is 5.11 Å². The molecule has 1 aromatic carbocycles. The molecule has 1 aromatic heterocycles. The summed E-state index contributed by atoms with van der Waals surface area (Å²) in [6.07, 6.45) is 2.40. The van der Waals surface area contributed by atoms with E-state index in [0.29, 0.717) is 16.5 Å². The van der Waals surface area contributed by atoms with Crippen molar-refractivity contribution in [3.05, 3.63) is 46.5 Å². The molecular weight excluding hydrogens is 249 g/mol. The standard InChI is InChI=1S/C10H9Cl2N3O/c11-8-2-1-7(9(12)4-8)3-10(16)15-6-13-5-14-15/h1-2,4-6,10,16H,3H2. The van der Waals surface area contributed by atoms with Crippen molar-refractivity contribution in [2.45, 2.75) is 12.6 Å². The van der Waals surface area contributed by atoms with Gasteiger partial charge in [-0.15, -0.1) is 0 Å². The molecule has 84 valence electrons. The first-order valence-corrected chi connectivity index (χ1v) is 5.38. The van der Waals surface area contributed by atoms with E-state index < -0.39 is 6.23 Å². The van der Waals surface area contributed by atoms with Crippen LogP contribution in [-0.2, 0) is 6.42 Å². The second-order valence-corrected chi connectivity index (χ2v) is 4.14. The van der Waals surface area contributed by atoms with Gasteiger partial charge in [0.15, 0.2) is 6.23 Å². The predicted octanol–water partition coefficient (Wildman–Crippen LogP) is 2.32. The molecule has 0 aliphatic carbocycles. The van der Waals surface area contributed by atoms with Crippen LogP contribution in [0.4, 0.5) is 0 Å². The molecule has 0 aliphatic rings. The Labute approximate surface area is 102 Å². The van der Waals surface area contributed by atoms with Crippen LogP contribution in [0.2, 0.25) is 10.0 Å². The summed E-state index contributed by atoms with van der Waals surface area (Å²) in [5.74, 6) is 0. The second kappa shape index (κ2) is 4.82. The Balaban J connectivity index is 2.15. The van der Waals surface area contributed by atoms with Crippen LogP contribution in [0.25, 0.3) is 0 Å². The molecule has 1 N–H and O–H groups in total. The van der Waals surface area contributed by atoms with E-state index in [9.17, 15) is 5.11 Å². The molecule has 1 unspecified atom stereocenters. The fraction of sp³-hybridized carbons (Fsp3) is 0.200. The summed E-state index contributed by atoms with van der Waals surface area (Å²) in [7, 11) is 0. The molecule has 2 aromatic rings. The van der Waals surface area contributed by atoms with E-state index in [0.717, 1.165) is 5.56 Å². The molecule has 0 aliphatic heterocycles. The molecule has 6 heteroatoms. The van der Waals surface area contributed by atoms with Gasteiger partial charge in [0.05, 0.1) is 0 Å². The summed E-state index contributed by atoms with van der Waals surface area (Å²) < 4.78 is 1.37. The molecule has 0 spiro atoms. The largest absolute Gasteiger partial charge is 0.371 e. The Morgan fingerprint density at radius 2 is 2.19 bits per heavy atom. The molecule has 16 heavy (non-hydrogen) atoms. The number of hydrogen-bond acceptors (Lipinski definition) is 3. The van der Waals surface area contributed by atoms with Gasteiger partial charge in [0.25, 0.3) is 0 Å². The van der Waals surface area contributed by atoms with Gasteiger partial charge in [-0.05, 0) is 17.7 Å². The minimum Gasteiger partial charge on any atom is -0.371 e. The minimum absolute atomic E-state index is 0.360. The molecular formula is C10H9Cl2N3O. The summed E-state index contributed by atoms with van der Waals surface area (Å²) in [6, 6.07) is 5.16. The van der Waals surface area contributed by atoms with Crippen molar-refractivity contribution in [1.82, 2.24) is 14.8 Å². The summed E-state index contributed by atoms with van der Waals surface area (Å²) in [5, 5.41) is 14.8. The van der Waals surface area contributed by atoms with E-state index in [1.807, 2.05) is 0 Å². The number of aliphatic hydroxyl groups excluding tert-OH is 1. The Kier molecular flexibility index (Phi) is 3.43. The highest BCUT2D eigenvalue weighted by atomic mass is 35.5. The number of aliphatic hydroxyl groups is 1. The summed E-state index contributed by atoms with van der Waals surface area (Å²) in [6.45, 7) is 0. The molecule has 0 fully saturated rings. The van der Waals surface area contributed by atoms with Crippen molar-refractivity contribution in [2.75, 3.05) is 0 Å². The second-order valence-electron chi connectivity index (χ2n) is 3.30. The van der Waals surface area contributed by atoms with Crippen molar-refractivity contribution >= 4 is 23.2 Å². The van der Waals surface area contributed by atoms with Gasteiger partial charge in [0, 0.05) is 16.5 Å². The van der Waals surface area contributed by atoms with E-state index in [-0.39, 0.29) is 0 Å². The quantitative estimate of drug-likeness (QED) is 0.919. The molecule has 0 amide bonds. The third-order valence-electron chi connectivity index (χ3n) is 2.16. The molecule has 0 radical (unpaired) electrons. The van der Waals surface area contributed by atoms with Gasteiger partial charge in [0.1, 0.15) is 12.7 Å². The minimum atomic E-state index is -0.777. The first-order chi connectivity index (χ1) is 7.66. The van der Waals surface area contributed by atoms with Gasteiger partial charge in [-0.2, -0.15) is 5.10 Å². The highest BCUT2D eigenvalue weighted by molar-refractivity contribution is 6.35. The molecule has 0 saturated heterocycles. The van der Waals surface area contributed by atoms with Gasteiger partial charge < -0.3 is 5.11 Å². The number of aromatic nitrogens is 3. The van der Waals surface area contributed by atoms with Gasteiger partial charge in [-0.25, -0.2) is 9.67 Å². The Bertz CT molecular complexity index is 473. The van der Waals surface area contributed by atoms with Crippen LogP contribution in [0.1, 0.15) is 11.8 Å². The SMILES string of the molecule is OC(Cc1ccc(Cl)cc1Cl)n1cncn1. The highest BCUT2D eigenvalue weighted by Crippen LogP contribution is 2.23. The fourth-order valence-electron chi connectivity index (χ4n) is 1.35. The number of halogens is 2. The average Bonchev–Trinajstić information content (AvgIpc) is 2.75. The van der Waals surface area contributed by atoms with Crippen LogP contribution in [-0.4, -0.2) is 19.9 Å². The Hall–Kier alpha value is -1.10. The highest BCUT2D eigenvalue weighted by Gasteiger charge is 2.10. The van der Waals surface area contributed by atoms with Crippen LogP contribution in [0.15, 0.2) is 30.9 Å². The van der Waals surface area contributed by atoms with Crippen molar-refractivity contribution in [3.63, 3.8) is 0 Å². The zero-order valence-corrected chi connectivity index (χ0v) is 9.73. The van der Waals surface area contributed by atoms with E-state index in [1.54, 1.807) is 18.2 Å². The monoisotopic (exact) mass is 257 g/mol. The van der Waals surface area contributed by atoms with Gasteiger partial charge in [-0.1, -0.05) is 29.3 Å². The summed E-state index contributed by atoms with van der Waals surface area (Å²) in [5.41, 5.74) is 0.814. The van der Waals surface area contributed by atoms with E-state index in [1.165, 1.54) is 17.3 Å². The van der Waals surface area contributed by atoms with Gasteiger partial charge in [0.2, 0.25) is 0 Å². The van der Waals surface area contributed by atoms with Crippen LogP contribution in [0.3, 0.4) is 0 Å². The topological polar surface area (TPSA) is 50.9 Å². The molecule has 4 nitrogen and oxygen atoms in total. The first kappa shape index (κ1) is 11.4. The van der Waals surface area contributed by atoms with Gasteiger partial charge in [-0.3, -0.25) is 0 Å². The number of hydrogen-bond donors (Lipinski definition) is 1. The average molecular weight is 258 g/mol. The van der Waals surface area contributed by atoms with E-state index >= 15 is 0 Å². The molecule has 0 saturated carbocycles. The number of benzene rings is 1. The van der Waals surface area contributed by atoms with E-state index in [2.05, 4.69) is 10.1 Å². The van der Waals surface area contributed by atoms with Crippen molar-refractivity contribution in [3.8, 4) is 0 Å². The van der Waals surface area contributed by atoms with Crippen molar-refractivity contribution in [1.29, 1.82) is 0 Å². The zero-order valence-electron chi connectivity index (χ0n) is 8.22. The summed E-state index contributed by atoms with van der Waals surface area (Å²) >= 11 is 11.8. The zero-order chi connectivity index (χ0) is 11.5. The van der Waals surface area contributed by atoms with Crippen LogP contribution in [0.5, 0.6) is 0 Å². The van der Waals surface area contributed by atoms with Crippen LogP contribution >= 0.6 is 23.2 Å². The third kappa shape index (κ3) is 2.52. The normalized spacial score (nSPS) is 12.7. The van der Waals surface area contributed by atoms with Gasteiger partial charge >= 0.3 is 0 Å². The van der Waals surface area contributed by atoms with E-state index in [4.69, 9.17) is 23.2 Å². The van der Waals surface area contributed by atoms with Crippen molar-refractivity contribution in [2.24, 2.45) is 0 Å². The number of rotatable bonds is 3. The first-order valence-electron chi connectivity index (χ1n) is 4.63. The molecule has 2 rings (SSSR count). The van der Waals surface area contributed by atoms with Crippen LogP contribution < -0.4 is 0 Å². The molecule has 1 atom stereocenters. The lowest BCUT2D eigenvalue weighted by Crippen LogP contribution is -2.11. The fourth-order valence-corrected chi connectivity index (χ4v) is 1.83. The Morgan fingerprint density at radius 3 is 2.81 bits per heavy atom. The smallest absolute Gasteiger partial charge is 0.152 e. The molecule has 0 bridgehead atoms. The maximum absolute atomic E-state index is 9.83. The third-order valence-corrected chi connectivity index (χ3v) is 2.75. The number of nitrogens with zero attached hydrogens (tertiary/aromatic N) is 3. The lowest BCUT2D eigenvalue weighted by Gasteiger charge is -2.11. The summed E-state index contributed by atoms with van der Waals surface area (Å²) in [4.78, 5) is 3.76. The maximum Gasteiger partial charge on any atom is 0.152 e. The molecule has 1 heterocycles.